The van der Waals surface area contributed by atoms with Gasteiger partial charge in [-0.05, 0) is 54.8 Å². The van der Waals surface area contributed by atoms with Crippen molar-refractivity contribution in [3.8, 4) is 0 Å². The lowest BCUT2D eigenvalue weighted by molar-refractivity contribution is -0.346. The van der Waals surface area contributed by atoms with Crippen molar-refractivity contribution in [2.45, 2.75) is 109 Å². The molecule has 10 atom stereocenters. The molecule has 1 amide bonds. The van der Waals surface area contributed by atoms with E-state index >= 15 is 4.79 Å². The van der Waals surface area contributed by atoms with Gasteiger partial charge in [0.05, 0.1) is 42.5 Å². The third-order valence-electron chi connectivity index (χ3n) is 13.8. The fourth-order valence-corrected chi connectivity index (χ4v) is 10.5. The second kappa shape index (κ2) is 18.0. The zero-order valence-electron chi connectivity index (χ0n) is 37.1. The normalized spacial score (nSPS) is 30.3. The molecule has 2 bridgehead atoms. The number of carbonyl (C=O) groups excluding carboxylic acids is 7. The first kappa shape index (κ1) is 46.8. The Morgan fingerprint density at radius 1 is 0.815 bits per heavy atom. The van der Waals surface area contributed by atoms with Crippen LogP contribution < -0.4 is 11.1 Å². The molecule has 3 unspecified atom stereocenters. The van der Waals surface area contributed by atoms with E-state index in [1.54, 1.807) is 99.6 Å². The summed E-state index contributed by atoms with van der Waals surface area (Å²) in [5.41, 5.74) is -0.853. The first-order chi connectivity index (χ1) is 30.8. The van der Waals surface area contributed by atoms with Gasteiger partial charge in [0, 0.05) is 37.7 Å². The summed E-state index contributed by atoms with van der Waals surface area (Å²) < 4.78 is 36.8. The molecule has 4 N–H and O–H groups in total. The van der Waals surface area contributed by atoms with Gasteiger partial charge in [-0.15, -0.1) is 0 Å². The maximum Gasteiger partial charge on any atom is 0.338 e. The topological polar surface area (TPSA) is 233 Å². The Kier molecular flexibility index (Phi) is 12.9. The molecule has 2 saturated carbocycles. The van der Waals surface area contributed by atoms with Gasteiger partial charge in [-0.2, -0.15) is 0 Å². The monoisotopic (exact) mass is 894 g/mol. The van der Waals surface area contributed by atoms with Gasteiger partial charge in [-0.3, -0.25) is 28.8 Å². The lowest BCUT2D eigenvalue weighted by Gasteiger charge is -2.67. The third-order valence-corrected chi connectivity index (χ3v) is 13.8. The van der Waals surface area contributed by atoms with Crippen molar-refractivity contribution in [2.75, 3.05) is 13.2 Å². The average Bonchev–Trinajstić information content (AvgIpc) is 3.27. The van der Waals surface area contributed by atoms with Crippen LogP contribution in [0.25, 0.3) is 0 Å². The molecule has 16 heteroatoms. The van der Waals surface area contributed by atoms with E-state index in [1.807, 2.05) is 0 Å². The summed E-state index contributed by atoms with van der Waals surface area (Å²) in [6, 6.07) is 24.2. The first-order valence-electron chi connectivity index (χ1n) is 21.5. The lowest BCUT2D eigenvalue weighted by atomic mass is 9.44. The van der Waals surface area contributed by atoms with Crippen LogP contribution in [0.4, 0.5) is 0 Å². The van der Waals surface area contributed by atoms with Crippen molar-refractivity contribution in [3.05, 3.63) is 119 Å². The van der Waals surface area contributed by atoms with Gasteiger partial charge >= 0.3 is 29.8 Å². The molecule has 3 aromatic rings. The number of ether oxygens (including phenoxy) is 6. The van der Waals surface area contributed by atoms with E-state index in [0.29, 0.717) is 11.1 Å². The average molecular weight is 895 g/mol. The smallest absolute Gasteiger partial charge is 0.338 e. The van der Waals surface area contributed by atoms with Gasteiger partial charge in [0.1, 0.15) is 30.0 Å². The number of ketones is 1. The van der Waals surface area contributed by atoms with Gasteiger partial charge in [-0.1, -0.05) is 80.6 Å². The first-order valence-corrected chi connectivity index (χ1v) is 21.5. The fourth-order valence-electron chi connectivity index (χ4n) is 10.5. The summed E-state index contributed by atoms with van der Waals surface area (Å²) in [5.74, 6) is -7.18. The van der Waals surface area contributed by atoms with Crippen LogP contribution in [-0.2, 0) is 52.4 Å². The number of esters is 5. The summed E-state index contributed by atoms with van der Waals surface area (Å²) in [4.78, 5) is 97.5. The molecule has 1 aliphatic heterocycles. The Hall–Kier alpha value is -6.23. The highest BCUT2D eigenvalue weighted by Gasteiger charge is 2.79. The summed E-state index contributed by atoms with van der Waals surface area (Å²) in [5, 5.41) is 16.8. The molecule has 3 fully saturated rings. The van der Waals surface area contributed by atoms with Gasteiger partial charge in [-0.25, -0.2) is 4.79 Å². The molecule has 7 rings (SSSR count). The number of Topliss-reactive ketones (excluding diaryl/α,β-unsaturated/α-hetero) is 1. The molecule has 1 saturated heterocycles. The second-order valence-electron chi connectivity index (χ2n) is 17.9. The van der Waals surface area contributed by atoms with Crippen LogP contribution in [0.3, 0.4) is 0 Å². The van der Waals surface area contributed by atoms with Crippen molar-refractivity contribution >= 4 is 41.5 Å². The van der Waals surface area contributed by atoms with E-state index < -0.39 is 119 Å². The molecule has 3 aromatic carbocycles. The molecule has 1 heterocycles. The molecule has 0 spiro atoms. The summed E-state index contributed by atoms with van der Waals surface area (Å²) >= 11 is 0. The second-order valence-corrected chi connectivity index (χ2v) is 17.9. The Balaban J connectivity index is 1.40. The van der Waals surface area contributed by atoms with Crippen molar-refractivity contribution < 1.29 is 67.1 Å². The molecule has 344 valence electrons. The molecule has 3 aliphatic carbocycles. The largest absolute Gasteiger partial charge is 0.460 e. The predicted octanol–water partition coefficient (Wildman–Crippen LogP) is 4.27. The SMILES string of the molecule is CC(=O)O[C@H]1C(=O)[C@]2(C)C(OC(=O)CN)C[C@H]3OC[C@@]3(OC(C)=O)C2[C@H](OC(=O)c2ccccc2)[C@]2(O)C[C@H](OC(=O)CC(NC(=O)c3ccccc3)c3ccccc3)C(C)=C1C2(C)C. The molecular weight excluding hydrogens is 841 g/mol. The van der Waals surface area contributed by atoms with E-state index in [4.69, 9.17) is 34.2 Å². The van der Waals surface area contributed by atoms with Crippen LogP contribution in [0.15, 0.2) is 102 Å². The zero-order chi connectivity index (χ0) is 47.1. The van der Waals surface area contributed by atoms with Gasteiger partial charge < -0.3 is 44.6 Å². The number of hydrogen-bond acceptors (Lipinski definition) is 15. The Morgan fingerprint density at radius 3 is 1.97 bits per heavy atom. The number of nitrogens with one attached hydrogen (secondary N) is 1. The van der Waals surface area contributed by atoms with Crippen molar-refractivity contribution in [3.63, 3.8) is 0 Å². The fraction of sp³-hybridized carbons (Fsp3) is 0.449. The van der Waals surface area contributed by atoms with Crippen LogP contribution in [0.1, 0.15) is 93.1 Å². The minimum atomic E-state index is -2.37. The maximum atomic E-state index is 15.9. The van der Waals surface area contributed by atoms with Gasteiger partial charge in [0.25, 0.3) is 5.91 Å². The standard InChI is InChI=1S/C49H54N2O14/c1-27-34(62-37(54)22-33(30-16-10-7-11-17-30)51-44(57)31-18-12-8-13-19-31)24-49(59)43(64-45(58)32-20-14-9-15-21-32)41-47(6,42(56)40(61-28(2)52)39(27)46(49,4)5)35(63-38(55)25-50)23-36-48(41,26-60-36)65-29(3)53/h7-21,33-36,40-41,43,59H,22-26,50H2,1-6H3,(H,51,57)/t33?,34-,35?,36+,40+,41?,43-,47+,48-,49+/m0/s1. The zero-order valence-corrected chi connectivity index (χ0v) is 37.1. The van der Waals surface area contributed by atoms with Crippen LogP contribution in [-0.4, -0.2) is 102 Å². The molecule has 4 aliphatic rings. The molecule has 0 radical (unpaired) electrons. The van der Waals surface area contributed by atoms with Crippen LogP contribution >= 0.6 is 0 Å². The highest BCUT2D eigenvalue weighted by atomic mass is 16.6. The molecule has 16 nitrogen and oxygen atoms in total. The predicted molar refractivity (Wildman–Crippen MR) is 229 cm³/mol. The van der Waals surface area contributed by atoms with E-state index in [0.717, 1.165) is 13.8 Å². The van der Waals surface area contributed by atoms with E-state index in [2.05, 4.69) is 5.32 Å². The van der Waals surface area contributed by atoms with Crippen molar-refractivity contribution in [2.24, 2.45) is 22.5 Å². The maximum absolute atomic E-state index is 15.9. The number of amides is 1. The third kappa shape index (κ3) is 8.34. The summed E-state index contributed by atoms with van der Waals surface area (Å²) in [6.45, 7) is 7.54. The molecular formula is C49H54N2O14. The quantitative estimate of drug-likeness (QED) is 0.131. The number of hydrogen-bond donors (Lipinski definition) is 3. The highest BCUT2D eigenvalue weighted by Crippen LogP contribution is 2.65. The lowest BCUT2D eigenvalue weighted by Crippen LogP contribution is -2.82. The van der Waals surface area contributed by atoms with E-state index in [9.17, 15) is 33.9 Å². The van der Waals surface area contributed by atoms with Crippen LogP contribution in [0.5, 0.6) is 0 Å². The number of rotatable bonds is 12. The number of fused-ring (bicyclic) bond motifs is 5. The van der Waals surface area contributed by atoms with Crippen molar-refractivity contribution in [1.29, 1.82) is 0 Å². The minimum Gasteiger partial charge on any atom is -0.460 e. The van der Waals surface area contributed by atoms with Crippen LogP contribution in [0.2, 0.25) is 0 Å². The Morgan fingerprint density at radius 2 is 1.42 bits per heavy atom. The van der Waals surface area contributed by atoms with Gasteiger partial charge in [0.2, 0.25) is 0 Å². The number of nitrogens with two attached hydrogens (primary N) is 1. The van der Waals surface area contributed by atoms with Crippen molar-refractivity contribution in [1.82, 2.24) is 5.32 Å². The molecule has 65 heavy (non-hydrogen) atoms. The van der Waals surface area contributed by atoms with Gasteiger partial charge in [0.15, 0.2) is 17.5 Å². The Bertz CT molecular complexity index is 2390. The molecule has 0 aromatic heterocycles. The van der Waals surface area contributed by atoms with E-state index in [-0.39, 0.29) is 36.2 Å². The number of aliphatic hydroxyl groups is 1. The minimum absolute atomic E-state index is 0.0408. The summed E-state index contributed by atoms with van der Waals surface area (Å²) in [7, 11) is 0. The Labute approximate surface area is 376 Å². The van der Waals surface area contributed by atoms with Crippen LogP contribution in [0, 0.1) is 16.7 Å². The highest BCUT2D eigenvalue weighted by molar-refractivity contribution is 5.96. The number of benzene rings is 3. The summed E-state index contributed by atoms with van der Waals surface area (Å²) in [6.07, 6.45) is -8.53. The van der Waals surface area contributed by atoms with E-state index in [1.165, 1.54) is 19.1 Å². The number of carbonyl (C=O) groups is 7.